The van der Waals surface area contributed by atoms with E-state index < -0.39 is 5.97 Å². The number of aromatic carboxylic acids is 1. The van der Waals surface area contributed by atoms with Crippen LogP contribution >= 0.6 is 11.3 Å². The van der Waals surface area contributed by atoms with E-state index in [2.05, 4.69) is 10.3 Å². The van der Waals surface area contributed by atoms with Gasteiger partial charge < -0.3 is 15.2 Å². The summed E-state index contributed by atoms with van der Waals surface area (Å²) in [5.74, 6) is -0.982. The van der Waals surface area contributed by atoms with E-state index in [-0.39, 0.29) is 5.69 Å². The molecule has 0 aliphatic rings. The molecule has 0 aliphatic carbocycles. The highest BCUT2D eigenvalue weighted by Crippen LogP contribution is 2.08. The third-order valence-electron chi connectivity index (χ3n) is 1.53. The zero-order valence-electron chi connectivity index (χ0n) is 7.82. The number of thiazole rings is 1. The summed E-state index contributed by atoms with van der Waals surface area (Å²) in [6.07, 6.45) is 0. The molecule has 0 radical (unpaired) electrons. The first-order chi connectivity index (χ1) is 6.74. The van der Waals surface area contributed by atoms with E-state index in [0.717, 1.165) is 11.6 Å². The Labute approximate surface area is 85.7 Å². The smallest absolute Gasteiger partial charge is 0.355 e. The Kier molecular flexibility index (Phi) is 4.51. The fraction of sp³-hybridized carbons (Fsp3) is 0.500. The van der Waals surface area contributed by atoms with Crippen molar-refractivity contribution in [2.75, 3.05) is 20.3 Å². The summed E-state index contributed by atoms with van der Waals surface area (Å²) in [6.45, 7) is 1.96. The van der Waals surface area contributed by atoms with Gasteiger partial charge in [-0.15, -0.1) is 11.3 Å². The fourth-order valence-electron chi connectivity index (χ4n) is 0.860. The van der Waals surface area contributed by atoms with Crippen LogP contribution in [0.3, 0.4) is 0 Å². The first-order valence-electron chi connectivity index (χ1n) is 4.11. The molecule has 1 aromatic rings. The van der Waals surface area contributed by atoms with Crippen molar-refractivity contribution in [3.8, 4) is 0 Å². The molecule has 2 N–H and O–H groups in total. The number of aromatic nitrogens is 1. The molecule has 0 atom stereocenters. The number of rotatable bonds is 6. The number of nitrogens with zero attached hydrogens (tertiary/aromatic N) is 1. The number of ether oxygens (including phenoxy) is 1. The highest BCUT2D eigenvalue weighted by Gasteiger charge is 2.07. The number of carboxylic acids is 1. The zero-order valence-corrected chi connectivity index (χ0v) is 8.63. The molecule has 14 heavy (non-hydrogen) atoms. The molecular weight excluding hydrogens is 204 g/mol. The molecule has 0 spiro atoms. The van der Waals surface area contributed by atoms with E-state index in [1.54, 1.807) is 7.11 Å². The number of hydrogen-bond acceptors (Lipinski definition) is 5. The van der Waals surface area contributed by atoms with Crippen molar-refractivity contribution in [1.82, 2.24) is 10.3 Å². The van der Waals surface area contributed by atoms with Crippen LogP contribution in [-0.2, 0) is 11.3 Å². The lowest BCUT2D eigenvalue weighted by Crippen LogP contribution is -2.18. The van der Waals surface area contributed by atoms with Crippen molar-refractivity contribution in [3.63, 3.8) is 0 Å². The molecule has 0 saturated carbocycles. The molecule has 0 aliphatic heterocycles. The molecule has 0 saturated heterocycles. The van der Waals surface area contributed by atoms with Gasteiger partial charge >= 0.3 is 5.97 Å². The number of carboxylic acid groups (broad SMARTS) is 1. The lowest BCUT2D eigenvalue weighted by Gasteiger charge is -1.99. The molecule has 0 fully saturated rings. The van der Waals surface area contributed by atoms with E-state index in [4.69, 9.17) is 9.84 Å². The van der Waals surface area contributed by atoms with Gasteiger partial charge in [0.1, 0.15) is 5.01 Å². The minimum atomic E-state index is -0.982. The second-order valence-corrected chi connectivity index (χ2v) is 3.54. The summed E-state index contributed by atoms with van der Waals surface area (Å²) in [7, 11) is 1.63. The highest BCUT2D eigenvalue weighted by molar-refractivity contribution is 7.09. The predicted octanol–water partition coefficient (Wildman–Crippen LogP) is 0.577. The van der Waals surface area contributed by atoms with Gasteiger partial charge in [0.25, 0.3) is 0 Å². The molecule has 78 valence electrons. The molecule has 1 rings (SSSR count). The van der Waals surface area contributed by atoms with Crippen LogP contribution in [0.1, 0.15) is 15.5 Å². The Balaban J connectivity index is 2.33. The Hall–Kier alpha value is -0.980. The summed E-state index contributed by atoms with van der Waals surface area (Å²) in [5, 5.41) is 14.0. The molecule has 5 nitrogen and oxygen atoms in total. The van der Waals surface area contributed by atoms with Gasteiger partial charge in [-0.3, -0.25) is 0 Å². The quantitative estimate of drug-likeness (QED) is 0.680. The van der Waals surface area contributed by atoms with Crippen LogP contribution in [0.25, 0.3) is 0 Å². The summed E-state index contributed by atoms with van der Waals surface area (Å²) >= 11 is 1.34. The van der Waals surface area contributed by atoms with Crippen molar-refractivity contribution < 1.29 is 14.6 Å². The van der Waals surface area contributed by atoms with Gasteiger partial charge in [0.2, 0.25) is 0 Å². The topological polar surface area (TPSA) is 71.5 Å². The second kappa shape index (κ2) is 5.69. The average Bonchev–Trinajstić information content (AvgIpc) is 2.61. The van der Waals surface area contributed by atoms with E-state index >= 15 is 0 Å². The third kappa shape index (κ3) is 3.41. The van der Waals surface area contributed by atoms with Crippen LogP contribution in [0, 0.1) is 0 Å². The minimum absolute atomic E-state index is 0.110. The molecule has 6 heteroatoms. The molecule has 0 bridgehead atoms. The maximum atomic E-state index is 10.5. The van der Waals surface area contributed by atoms with Gasteiger partial charge in [-0.05, 0) is 0 Å². The van der Waals surface area contributed by atoms with Gasteiger partial charge in [-0.25, -0.2) is 9.78 Å². The third-order valence-corrected chi connectivity index (χ3v) is 2.38. The number of hydrogen-bond donors (Lipinski definition) is 2. The standard InChI is InChI=1S/C8H12N2O3S/c1-13-3-2-9-4-7-10-6(5-14-7)8(11)12/h5,9H,2-4H2,1H3,(H,11,12). The van der Waals surface area contributed by atoms with Gasteiger partial charge in [-0.1, -0.05) is 0 Å². The Morgan fingerprint density at radius 1 is 1.79 bits per heavy atom. The maximum Gasteiger partial charge on any atom is 0.355 e. The fourth-order valence-corrected chi connectivity index (χ4v) is 1.60. The Morgan fingerprint density at radius 2 is 2.57 bits per heavy atom. The molecule has 1 heterocycles. The lowest BCUT2D eigenvalue weighted by molar-refractivity contribution is 0.0691. The normalized spacial score (nSPS) is 10.4. The van der Waals surface area contributed by atoms with E-state index in [9.17, 15) is 4.79 Å². The second-order valence-electron chi connectivity index (χ2n) is 2.60. The highest BCUT2D eigenvalue weighted by atomic mass is 32.1. The molecule has 0 amide bonds. The van der Waals surface area contributed by atoms with Gasteiger partial charge in [0, 0.05) is 25.6 Å². The van der Waals surface area contributed by atoms with Crippen molar-refractivity contribution in [2.24, 2.45) is 0 Å². The van der Waals surface area contributed by atoms with Gasteiger partial charge in [0.05, 0.1) is 6.61 Å². The number of nitrogens with one attached hydrogen (secondary N) is 1. The van der Waals surface area contributed by atoms with Crippen LogP contribution < -0.4 is 5.32 Å². The Bertz CT molecular complexity index is 301. The molecular formula is C8H12N2O3S. The largest absolute Gasteiger partial charge is 0.476 e. The van der Waals surface area contributed by atoms with Crippen LogP contribution in [0.2, 0.25) is 0 Å². The lowest BCUT2D eigenvalue weighted by atomic mass is 10.5. The monoisotopic (exact) mass is 216 g/mol. The number of methoxy groups -OCH3 is 1. The summed E-state index contributed by atoms with van der Waals surface area (Å²) in [5.41, 5.74) is 0.110. The minimum Gasteiger partial charge on any atom is -0.476 e. The van der Waals surface area contributed by atoms with Crippen molar-refractivity contribution in [2.45, 2.75) is 6.54 Å². The Morgan fingerprint density at radius 3 is 3.14 bits per heavy atom. The first-order valence-corrected chi connectivity index (χ1v) is 4.99. The van der Waals surface area contributed by atoms with Crippen LogP contribution in [-0.4, -0.2) is 36.3 Å². The van der Waals surface area contributed by atoms with Crippen molar-refractivity contribution in [1.29, 1.82) is 0 Å². The predicted molar refractivity (Wildman–Crippen MR) is 52.7 cm³/mol. The maximum absolute atomic E-state index is 10.5. The van der Waals surface area contributed by atoms with Crippen LogP contribution in [0.15, 0.2) is 5.38 Å². The zero-order chi connectivity index (χ0) is 10.4. The van der Waals surface area contributed by atoms with Crippen LogP contribution in [0.4, 0.5) is 0 Å². The summed E-state index contributed by atoms with van der Waals surface area (Å²) < 4.78 is 4.85. The van der Waals surface area contributed by atoms with Gasteiger partial charge in [-0.2, -0.15) is 0 Å². The van der Waals surface area contributed by atoms with Gasteiger partial charge in [0.15, 0.2) is 5.69 Å². The molecule has 0 unspecified atom stereocenters. The molecule has 0 aromatic carbocycles. The van der Waals surface area contributed by atoms with E-state index in [1.165, 1.54) is 16.7 Å². The van der Waals surface area contributed by atoms with Crippen LogP contribution in [0.5, 0.6) is 0 Å². The van der Waals surface area contributed by atoms with E-state index in [1.807, 2.05) is 0 Å². The summed E-state index contributed by atoms with van der Waals surface area (Å²) in [6, 6.07) is 0. The molecule has 1 aromatic heterocycles. The average molecular weight is 216 g/mol. The first kappa shape index (κ1) is 11.1. The summed E-state index contributed by atoms with van der Waals surface area (Å²) in [4.78, 5) is 14.4. The van der Waals surface area contributed by atoms with E-state index in [0.29, 0.717) is 13.2 Å². The van der Waals surface area contributed by atoms with Crippen molar-refractivity contribution >= 4 is 17.3 Å². The van der Waals surface area contributed by atoms with Crippen molar-refractivity contribution in [3.05, 3.63) is 16.1 Å². The SMILES string of the molecule is COCCNCc1nc(C(=O)O)cs1. The number of carbonyl (C=O) groups is 1.